The van der Waals surface area contributed by atoms with Gasteiger partial charge in [0.25, 0.3) is 0 Å². The Morgan fingerprint density at radius 3 is 2.03 bits per heavy atom. The van der Waals surface area contributed by atoms with E-state index in [0.29, 0.717) is 11.1 Å². The molecule has 0 aliphatic carbocycles. The molecule has 0 amide bonds. The van der Waals surface area contributed by atoms with Crippen molar-refractivity contribution >= 4 is 24.0 Å². The van der Waals surface area contributed by atoms with Crippen molar-refractivity contribution in [3.63, 3.8) is 0 Å². The normalized spacial score (nSPS) is 10.8. The van der Waals surface area contributed by atoms with Crippen molar-refractivity contribution in [2.45, 2.75) is 6.42 Å². The van der Waals surface area contributed by atoms with Gasteiger partial charge >= 0.3 is 17.9 Å². The number of carbonyl (C=O) groups is 3. The van der Waals surface area contributed by atoms with Crippen LogP contribution in [0.3, 0.4) is 0 Å². The minimum Gasteiger partial charge on any atom is -0.493 e. The quantitative estimate of drug-likeness (QED) is 0.409. The first kappa shape index (κ1) is 21.5. The van der Waals surface area contributed by atoms with Crippen molar-refractivity contribution in [3.8, 4) is 17.2 Å². The van der Waals surface area contributed by atoms with E-state index in [1.54, 1.807) is 30.3 Å². The molecule has 0 bridgehead atoms. The first-order chi connectivity index (χ1) is 13.9. The van der Waals surface area contributed by atoms with Crippen molar-refractivity contribution in [2.24, 2.45) is 0 Å². The number of carboxylic acids is 1. The van der Waals surface area contributed by atoms with Crippen LogP contribution in [0.25, 0.3) is 6.08 Å². The highest BCUT2D eigenvalue weighted by Gasteiger charge is 2.20. The highest BCUT2D eigenvalue weighted by Crippen LogP contribution is 2.39. The Kier molecular flexibility index (Phi) is 7.36. The number of aliphatic carboxylic acids is 1. The third-order valence-electron chi connectivity index (χ3n) is 3.82. The maximum absolute atomic E-state index is 12.4. The molecule has 0 saturated heterocycles. The van der Waals surface area contributed by atoms with Crippen molar-refractivity contribution in [1.82, 2.24) is 0 Å². The van der Waals surface area contributed by atoms with Crippen LogP contribution in [0.4, 0.5) is 0 Å². The monoisotopic (exact) mass is 400 g/mol. The summed E-state index contributed by atoms with van der Waals surface area (Å²) in [5.41, 5.74) is 0.674. The average molecular weight is 400 g/mol. The fourth-order valence-corrected chi connectivity index (χ4v) is 2.49. The number of hydrogen-bond donors (Lipinski definition) is 1. The molecule has 152 valence electrons. The molecule has 0 heterocycles. The molecule has 0 spiro atoms. The molecule has 2 rings (SSSR count). The van der Waals surface area contributed by atoms with E-state index in [-0.39, 0.29) is 22.8 Å². The summed E-state index contributed by atoms with van der Waals surface area (Å²) in [6.45, 7) is 0. The van der Waals surface area contributed by atoms with Gasteiger partial charge in [-0.15, -0.1) is 0 Å². The van der Waals surface area contributed by atoms with Crippen LogP contribution in [-0.4, -0.2) is 44.3 Å². The van der Waals surface area contributed by atoms with E-state index in [1.165, 1.54) is 32.4 Å². The second-order valence-corrected chi connectivity index (χ2v) is 5.74. The molecule has 0 aliphatic rings. The Morgan fingerprint density at radius 1 is 0.966 bits per heavy atom. The highest BCUT2D eigenvalue weighted by molar-refractivity contribution is 5.98. The maximum atomic E-state index is 12.4. The number of hydrogen-bond acceptors (Lipinski definition) is 7. The number of ether oxygens (including phenoxy) is 4. The molecular formula is C21H20O8. The van der Waals surface area contributed by atoms with E-state index in [4.69, 9.17) is 19.3 Å². The molecule has 0 unspecified atom stereocenters. The summed E-state index contributed by atoms with van der Waals surface area (Å²) >= 11 is 0. The molecule has 0 saturated carbocycles. The SMILES string of the molecule is COC(=O)/C(=C/c1cc(OC)c(OC(=O)c2ccccc2)c(OC)c1)CC(=O)O. The Hall–Kier alpha value is -3.81. The van der Waals surface area contributed by atoms with Gasteiger partial charge < -0.3 is 24.1 Å². The summed E-state index contributed by atoms with van der Waals surface area (Å²) in [6, 6.07) is 11.4. The lowest BCUT2D eigenvalue weighted by Crippen LogP contribution is -2.11. The lowest BCUT2D eigenvalue weighted by Gasteiger charge is -2.14. The predicted octanol–water partition coefficient (Wildman–Crippen LogP) is 2.95. The number of esters is 2. The fourth-order valence-electron chi connectivity index (χ4n) is 2.49. The van der Waals surface area contributed by atoms with E-state index in [9.17, 15) is 14.4 Å². The standard InChI is InChI=1S/C21H20O8/c1-26-16-10-13(9-15(12-18(22)23)20(24)28-3)11-17(27-2)19(16)29-21(25)14-7-5-4-6-8-14/h4-11H,12H2,1-3H3,(H,22,23)/b15-9+. The predicted molar refractivity (Wildman–Crippen MR) is 103 cm³/mol. The summed E-state index contributed by atoms with van der Waals surface area (Å²) in [7, 11) is 3.91. The fraction of sp³-hybridized carbons (Fsp3) is 0.190. The highest BCUT2D eigenvalue weighted by atomic mass is 16.6. The van der Waals surface area contributed by atoms with E-state index < -0.39 is 24.3 Å². The van der Waals surface area contributed by atoms with Crippen LogP contribution in [0.15, 0.2) is 48.0 Å². The van der Waals surface area contributed by atoms with Crippen LogP contribution in [0.1, 0.15) is 22.3 Å². The topological polar surface area (TPSA) is 108 Å². The molecule has 2 aromatic rings. The molecule has 0 aromatic heterocycles. The third-order valence-corrected chi connectivity index (χ3v) is 3.82. The van der Waals surface area contributed by atoms with Gasteiger partial charge in [0.05, 0.1) is 33.3 Å². The average Bonchev–Trinajstić information content (AvgIpc) is 2.73. The zero-order chi connectivity index (χ0) is 21.4. The van der Waals surface area contributed by atoms with Crippen LogP contribution in [0.2, 0.25) is 0 Å². The van der Waals surface area contributed by atoms with Gasteiger partial charge in [0.1, 0.15) is 0 Å². The van der Waals surface area contributed by atoms with Gasteiger partial charge in [-0.2, -0.15) is 0 Å². The summed E-state index contributed by atoms with van der Waals surface area (Å²) in [4.78, 5) is 35.3. The van der Waals surface area contributed by atoms with Crippen LogP contribution >= 0.6 is 0 Å². The molecule has 0 fully saturated rings. The molecule has 8 heteroatoms. The zero-order valence-electron chi connectivity index (χ0n) is 16.1. The van der Waals surface area contributed by atoms with Gasteiger partial charge in [-0.3, -0.25) is 4.79 Å². The van der Waals surface area contributed by atoms with E-state index in [1.807, 2.05) is 0 Å². The van der Waals surface area contributed by atoms with Crippen LogP contribution in [-0.2, 0) is 14.3 Å². The first-order valence-electron chi connectivity index (χ1n) is 8.43. The Bertz CT molecular complexity index is 906. The Morgan fingerprint density at radius 2 is 1.55 bits per heavy atom. The number of benzene rings is 2. The Labute approximate surface area is 167 Å². The summed E-state index contributed by atoms with van der Waals surface area (Å²) in [5, 5.41) is 9.00. The lowest BCUT2D eigenvalue weighted by atomic mass is 10.1. The zero-order valence-corrected chi connectivity index (χ0v) is 16.1. The van der Waals surface area contributed by atoms with Crippen molar-refractivity contribution in [3.05, 3.63) is 59.2 Å². The van der Waals surface area contributed by atoms with E-state index in [0.717, 1.165) is 7.11 Å². The van der Waals surface area contributed by atoms with Gasteiger partial charge in [-0.25, -0.2) is 9.59 Å². The summed E-state index contributed by atoms with van der Waals surface area (Å²) < 4.78 is 20.7. The van der Waals surface area contributed by atoms with Gasteiger partial charge in [0.2, 0.25) is 5.75 Å². The minimum absolute atomic E-state index is 0.0545. The van der Waals surface area contributed by atoms with Gasteiger partial charge in [0.15, 0.2) is 11.5 Å². The first-order valence-corrected chi connectivity index (χ1v) is 8.43. The van der Waals surface area contributed by atoms with Crippen molar-refractivity contribution < 1.29 is 38.4 Å². The number of rotatable bonds is 8. The molecule has 0 atom stereocenters. The van der Waals surface area contributed by atoms with Crippen LogP contribution in [0.5, 0.6) is 17.2 Å². The van der Waals surface area contributed by atoms with Gasteiger partial charge in [0, 0.05) is 5.57 Å². The van der Waals surface area contributed by atoms with Crippen LogP contribution < -0.4 is 14.2 Å². The molecule has 2 aromatic carbocycles. The largest absolute Gasteiger partial charge is 0.493 e. The minimum atomic E-state index is -1.19. The molecule has 29 heavy (non-hydrogen) atoms. The second kappa shape index (κ2) is 9.93. The molecule has 0 radical (unpaired) electrons. The summed E-state index contributed by atoms with van der Waals surface area (Å²) in [5.74, 6) is -2.18. The van der Waals surface area contributed by atoms with Gasteiger partial charge in [-0.1, -0.05) is 18.2 Å². The maximum Gasteiger partial charge on any atom is 0.343 e. The summed E-state index contributed by atoms with van der Waals surface area (Å²) in [6.07, 6.45) is 0.815. The Balaban J connectivity index is 2.46. The second-order valence-electron chi connectivity index (χ2n) is 5.74. The third kappa shape index (κ3) is 5.58. The number of carboxylic acid groups (broad SMARTS) is 1. The van der Waals surface area contributed by atoms with E-state index in [2.05, 4.69) is 4.74 Å². The lowest BCUT2D eigenvalue weighted by molar-refractivity contribution is -0.141. The molecule has 0 aliphatic heterocycles. The van der Waals surface area contributed by atoms with Crippen molar-refractivity contribution in [2.75, 3.05) is 21.3 Å². The van der Waals surface area contributed by atoms with E-state index >= 15 is 0 Å². The molecular weight excluding hydrogens is 380 g/mol. The van der Waals surface area contributed by atoms with Gasteiger partial charge in [-0.05, 0) is 35.9 Å². The number of methoxy groups -OCH3 is 3. The smallest absolute Gasteiger partial charge is 0.343 e. The van der Waals surface area contributed by atoms with Crippen molar-refractivity contribution in [1.29, 1.82) is 0 Å². The molecule has 1 N–H and O–H groups in total. The number of carbonyl (C=O) groups excluding carboxylic acids is 2. The van der Waals surface area contributed by atoms with Crippen LogP contribution in [0, 0.1) is 0 Å². The molecule has 8 nitrogen and oxygen atoms in total.